The molecule has 0 spiro atoms. The Morgan fingerprint density at radius 3 is 2.54 bits per heavy atom. The highest BCUT2D eigenvalue weighted by Gasteiger charge is 2.34. The number of nitrogens with zero attached hydrogens (tertiary/aromatic N) is 1. The van der Waals surface area contributed by atoms with Crippen LogP contribution in [0.3, 0.4) is 0 Å². The summed E-state index contributed by atoms with van der Waals surface area (Å²) in [6.45, 7) is 2.69. The molecule has 1 aromatic carbocycles. The fraction of sp³-hybridized carbons (Fsp3) is 0.667. The summed E-state index contributed by atoms with van der Waals surface area (Å²) in [7, 11) is 0. The zero-order valence-corrected chi connectivity index (χ0v) is 14.0. The number of aliphatic hydroxyl groups is 2. The smallest absolute Gasteiger partial charge is 0.184 e. The van der Waals surface area contributed by atoms with E-state index in [2.05, 4.69) is 4.90 Å². The fourth-order valence-corrected chi connectivity index (χ4v) is 3.35. The van der Waals surface area contributed by atoms with Gasteiger partial charge in [0.05, 0.1) is 18.8 Å². The number of hydrogen-bond acceptors (Lipinski definition) is 6. The molecule has 6 nitrogen and oxygen atoms in total. The lowest BCUT2D eigenvalue weighted by Crippen LogP contribution is -2.50. The summed E-state index contributed by atoms with van der Waals surface area (Å²) < 4.78 is 11.5. The minimum atomic E-state index is -0.921. The summed E-state index contributed by atoms with van der Waals surface area (Å²) in [6.07, 6.45) is -0.216. The largest absolute Gasteiger partial charge is 0.389 e. The molecule has 0 bridgehead atoms. The minimum Gasteiger partial charge on any atom is -0.389 e. The molecule has 134 valence electrons. The predicted octanol–water partition coefficient (Wildman–Crippen LogP) is 0.636. The van der Waals surface area contributed by atoms with Gasteiger partial charge < -0.3 is 30.3 Å². The SMILES string of the molecule is NC1CCN(C[C@H](O)[C@@H](O)[C@H]2CCOC(c3ccccc3)O2)CC1. The van der Waals surface area contributed by atoms with Crippen LogP contribution in [0.15, 0.2) is 30.3 Å². The van der Waals surface area contributed by atoms with Gasteiger partial charge in [0.1, 0.15) is 6.10 Å². The van der Waals surface area contributed by atoms with Gasteiger partial charge in [0.2, 0.25) is 0 Å². The van der Waals surface area contributed by atoms with Gasteiger partial charge in [-0.05, 0) is 32.4 Å². The minimum absolute atomic E-state index is 0.258. The second-order valence-corrected chi connectivity index (χ2v) is 6.77. The second-order valence-electron chi connectivity index (χ2n) is 6.77. The first kappa shape index (κ1) is 17.8. The second kappa shape index (κ2) is 8.38. The van der Waals surface area contributed by atoms with Crippen LogP contribution in [0.25, 0.3) is 0 Å². The summed E-state index contributed by atoms with van der Waals surface area (Å²) >= 11 is 0. The lowest BCUT2D eigenvalue weighted by molar-refractivity contribution is -0.247. The lowest BCUT2D eigenvalue weighted by atomic mass is 10.0. The number of likely N-dealkylation sites (tertiary alicyclic amines) is 1. The van der Waals surface area contributed by atoms with Crippen molar-refractivity contribution in [3.8, 4) is 0 Å². The highest BCUT2D eigenvalue weighted by atomic mass is 16.7. The molecule has 2 heterocycles. The summed E-state index contributed by atoms with van der Waals surface area (Å²) in [6, 6.07) is 9.93. The first-order chi connectivity index (χ1) is 11.6. The van der Waals surface area contributed by atoms with Crippen molar-refractivity contribution in [3.63, 3.8) is 0 Å². The van der Waals surface area contributed by atoms with Crippen molar-refractivity contribution in [3.05, 3.63) is 35.9 Å². The van der Waals surface area contributed by atoms with Crippen LogP contribution < -0.4 is 5.73 Å². The lowest BCUT2D eigenvalue weighted by Gasteiger charge is -2.37. The average Bonchev–Trinajstić information content (AvgIpc) is 2.64. The molecule has 2 aliphatic heterocycles. The Morgan fingerprint density at radius 2 is 1.83 bits per heavy atom. The van der Waals surface area contributed by atoms with Gasteiger partial charge in [-0.3, -0.25) is 0 Å². The first-order valence-electron chi connectivity index (χ1n) is 8.79. The van der Waals surface area contributed by atoms with Gasteiger partial charge in [-0.15, -0.1) is 0 Å². The predicted molar refractivity (Wildman–Crippen MR) is 90.3 cm³/mol. The van der Waals surface area contributed by atoms with Crippen LogP contribution in [0.2, 0.25) is 0 Å². The Balaban J connectivity index is 1.53. The monoisotopic (exact) mass is 336 g/mol. The van der Waals surface area contributed by atoms with Crippen molar-refractivity contribution in [1.82, 2.24) is 4.90 Å². The van der Waals surface area contributed by atoms with Crippen molar-refractivity contribution in [1.29, 1.82) is 0 Å². The van der Waals surface area contributed by atoms with E-state index in [1.165, 1.54) is 0 Å². The molecule has 3 rings (SSSR count). The molecule has 2 fully saturated rings. The van der Waals surface area contributed by atoms with E-state index in [-0.39, 0.29) is 6.04 Å². The summed E-state index contributed by atoms with van der Waals surface area (Å²) in [5.74, 6) is 0. The molecule has 2 aliphatic rings. The van der Waals surface area contributed by atoms with E-state index in [0.29, 0.717) is 19.6 Å². The van der Waals surface area contributed by atoms with Crippen LogP contribution in [0.4, 0.5) is 0 Å². The topological polar surface area (TPSA) is 88.2 Å². The molecular weight excluding hydrogens is 308 g/mol. The Kier molecular flexibility index (Phi) is 6.21. The van der Waals surface area contributed by atoms with Crippen LogP contribution in [0.5, 0.6) is 0 Å². The molecule has 24 heavy (non-hydrogen) atoms. The highest BCUT2D eigenvalue weighted by molar-refractivity contribution is 5.16. The van der Waals surface area contributed by atoms with Crippen molar-refractivity contribution >= 4 is 0 Å². The normalized spacial score (nSPS) is 29.3. The van der Waals surface area contributed by atoms with Crippen LogP contribution in [-0.4, -0.2) is 65.7 Å². The summed E-state index contributed by atoms with van der Waals surface area (Å²) in [5, 5.41) is 20.9. The molecule has 0 amide bonds. The molecule has 0 aromatic heterocycles. The van der Waals surface area contributed by atoms with E-state index in [1.807, 2.05) is 30.3 Å². The number of rotatable bonds is 5. The molecule has 0 radical (unpaired) electrons. The van der Waals surface area contributed by atoms with Crippen LogP contribution in [0.1, 0.15) is 31.1 Å². The molecule has 0 saturated carbocycles. The van der Waals surface area contributed by atoms with Crippen molar-refractivity contribution < 1.29 is 19.7 Å². The zero-order valence-electron chi connectivity index (χ0n) is 14.0. The third kappa shape index (κ3) is 4.53. The van der Waals surface area contributed by atoms with E-state index in [9.17, 15) is 10.2 Å². The molecule has 2 saturated heterocycles. The van der Waals surface area contributed by atoms with Gasteiger partial charge in [-0.2, -0.15) is 0 Å². The van der Waals surface area contributed by atoms with Crippen LogP contribution in [0, 0.1) is 0 Å². The van der Waals surface area contributed by atoms with Crippen molar-refractivity contribution in [2.75, 3.05) is 26.2 Å². The van der Waals surface area contributed by atoms with E-state index >= 15 is 0 Å². The average molecular weight is 336 g/mol. The molecular formula is C18H28N2O4. The third-order valence-electron chi connectivity index (χ3n) is 4.89. The third-order valence-corrected chi connectivity index (χ3v) is 4.89. The maximum absolute atomic E-state index is 10.5. The van der Waals surface area contributed by atoms with Crippen molar-refractivity contribution in [2.45, 2.75) is 49.9 Å². The molecule has 4 N–H and O–H groups in total. The van der Waals surface area contributed by atoms with Gasteiger partial charge in [0, 0.05) is 18.2 Å². The van der Waals surface area contributed by atoms with Gasteiger partial charge in [-0.25, -0.2) is 0 Å². The van der Waals surface area contributed by atoms with Crippen LogP contribution in [-0.2, 0) is 9.47 Å². The van der Waals surface area contributed by atoms with Crippen LogP contribution >= 0.6 is 0 Å². The number of β-amino-alcohol motifs (C(OH)–C–C–N with tert-alkyl or cyclic N) is 1. The Hall–Kier alpha value is -1.02. The number of aliphatic hydroxyl groups excluding tert-OH is 2. The van der Waals surface area contributed by atoms with E-state index < -0.39 is 24.6 Å². The number of benzene rings is 1. The van der Waals surface area contributed by atoms with Crippen molar-refractivity contribution in [2.24, 2.45) is 5.73 Å². The van der Waals surface area contributed by atoms with Gasteiger partial charge >= 0.3 is 0 Å². The molecule has 1 aromatic rings. The zero-order chi connectivity index (χ0) is 16.9. The fourth-order valence-electron chi connectivity index (χ4n) is 3.35. The van der Waals surface area contributed by atoms with Gasteiger partial charge in [0.25, 0.3) is 0 Å². The quantitative estimate of drug-likeness (QED) is 0.731. The van der Waals surface area contributed by atoms with E-state index in [1.54, 1.807) is 0 Å². The Bertz CT molecular complexity index is 493. The van der Waals surface area contributed by atoms with E-state index in [4.69, 9.17) is 15.2 Å². The summed E-state index contributed by atoms with van der Waals surface area (Å²) in [5.41, 5.74) is 6.83. The Labute approximate surface area is 143 Å². The molecule has 6 heteroatoms. The molecule has 1 unspecified atom stereocenters. The van der Waals surface area contributed by atoms with E-state index in [0.717, 1.165) is 31.5 Å². The number of ether oxygens (including phenoxy) is 2. The maximum Gasteiger partial charge on any atom is 0.184 e. The summed E-state index contributed by atoms with van der Waals surface area (Å²) in [4.78, 5) is 2.16. The van der Waals surface area contributed by atoms with Gasteiger partial charge in [-0.1, -0.05) is 30.3 Å². The number of nitrogens with two attached hydrogens (primary N) is 1. The molecule has 4 atom stereocenters. The Morgan fingerprint density at radius 1 is 1.12 bits per heavy atom. The standard InChI is InChI=1S/C18H28N2O4/c19-14-6-9-20(10-7-14)12-15(21)17(22)16-8-11-23-18(24-16)13-4-2-1-3-5-13/h1-5,14-18,21-22H,6-12,19H2/t15-,16+,17+,18?/m0/s1. The molecule has 0 aliphatic carbocycles. The maximum atomic E-state index is 10.5. The number of piperidine rings is 1. The first-order valence-corrected chi connectivity index (χ1v) is 8.79. The van der Waals surface area contributed by atoms with Gasteiger partial charge in [0.15, 0.2) is 6.29 Å². The highest BCUT2D eigenvalue weighted by Crippen LogP contribution is 2.28. The number of hydrogen-bond donors (Lipinski definition) is 3.